The molecule has 0 aliphatic heterocycles. The fourth-order valence-corrected chi connectivity index (χ4v) is 2.98. The van der Waals surface area contributed by atoms with Gasteiger partial charge in [0.05, 0.1) is 19.3 Å². The maximum atomic E-state index is 5.68. The van der Waals surface area contributed by atoms with Crippen LogP contribution in [0, 0.1) is 0 Å². The Labute approximate surface area is 127 Å². The Kier molecular flexibility index (Phi) is 6.03. The first-order valence-electron chi connectivity index (χ1n) is 7.77. The average molecular weight is 293 g/mol. The summed E-state index contributed by atoms with van der Waals surface area (Å²) in [5, 5.41) is 3.70. The Hall–Kier alpha value is -1.10. The van der Waals surface area contributed by atoms with Crippen LogP contribution in [0.5, 0.6) is 5.75 Å². The van der Waals surface area contributed by atoms with Gasteiger partial charge in [0, 0.05) is 25.8 Å². The summed E-state index contributed by atoms with van der Waals surface area (Å²) in [5.41, 5.74) is 1.29. The van der Waals surface area contributed by atoms with Crippen molar-refractivity contribution < 1.29 is 14.2 Å². The summed E-state index contributed by atoms with van der Waals surface area (Å²) in [6, 6.07) is 8.97. The van der Waals surface area contributed by atoms with Gasteiger partial charge in [-0.25, -0.2) is 0 Å². The van der Waals surface area contributed by atoms with Gasteiger partial charge >= 0.3 is 0 Å². The Balaban J connectivity index is 1.96. The molecule has 2 rings (SSSR count). The number of benzene rings is 1. The summed E-state index contributed by atoms with van der Waals surface area (Å²) in [7, 11) is 3.45. The molecule has 4 nitrogen and oxygen atoms in total. The molecule has 1 N–H and O–H groups in total. The van der Waals surface area contributed by atoms with Crippen LogP contribution in [0.1, 0.15) is 38.3 Å². The monoisotopic (exact) mass is 293 g/mol. The van der Waals surface area contributed by atoms with Crippen LogP contribution in [0.2, 0.25) is 0 Å². The van der Waals surface area contributed by atoms with Crippen LogP contribution in [-0.2, 0) is 9.47 Å². The van der Waals surface area contributed by atoms with E-state index in [1.54, 1.807) is 14.2 Å². The summed E-state index contributed by atoms with van der Waals surface area (Å²) >= 11 is 0. The summed E-state index contributed by atoms with van der Waals surface area (Å²) < 4.78 is 16.5. The fourth-order valence-electron chi connectivity index (χ4n) is 2.98. The van der Waals surface area contributed by atoms with E-state index in [1.807, 2.05) is 19.1 Å². The van der Waals surface area contributed by atoms with Crippen molar-refractivity contribution >= 4 is 0 Å². The molecule has 4 atom stereocenters. The van der Waals surface area contributed by atoms with E-state index in [9.17, 15) is 0 Å². The van der Waals surface area contributed by atoms with E-state index in [0.29, 0.717) is 12.1 Å². The molecule has 0 heterocycles. The number of nitrogens with one attached hydrogen (secondary N) is 1. The lowest BCUT2D eigenvalue weighted by molar-refractivity contribution is -0.133. The molecule has 0 radical (unpaired) electrons. The van der Waals surface area contributed by atoms with Crippen molar-refractivity contribution in [1.82, 2.24) is 5.32 Å². The molecular formula is C17H27NO3. The molecule has 1 aliphatic carbocycles. The molecule has 0 amide bonds. The molecule has 1 fully saturated rings. The molecular weight excluding hydrogens is 266 g/mol. The summed E-state index contributed by atoms with van der Waals surface area (Å²) in [5.74, 6) is 0.892. The highest BCUT2D eigenvalue weighted by Crippen LogP contribution is 2.30. The molecule has 1 aromatic carbocycles. The molecule has 1 aromatic rings. The van der Waals surface area contributed by atoms with Crippen molar-refractivity contribution in [2.45, 2.75) is 51.0 Å². The van der Waals surface area contributed by atoms with Crippen molar-refractivity contribution in [3.05, 3.63) is 29.8 Å². The number of ether oxygens (including phenoxy) is 3. The quantitative estimate of drug-likeness (QED) is 0.800. The van der Waals surface area contributed by atoms with E-state index in [2.05, 4.69) is 24.4 Å². The van der Waals surface area contributed by atoms with Gasteiger partial charge in [0.2, 0.25) is 0 Å². The van der Waals surface area contributed by atoms with E-state index in [4.69, 9.17) is 14.2 Å². The molecule has 4 heteroatoms. The molecule has 4 unspecified atom stereocenters. The van der Waals surface area contributed by atoms with Crippen LogP contribution < -0.4 is 10.1 Å². The lowest BCUT2D eigenvalue weighted by atomic mass is 9.84. The zero-order chi connectivity index (χ0) is 15.2. The molecule has 1 aliphatic rings. The highest BCUT2D eigenvalue weighted by molar-refractivity contribution is 5.29. The van der Waals surface area contributed by atoms with Crippen LogP contribution >= 0.6 is 0 Å². The predicted octanol–water partition coefficient (Wildman–Crippen LogP) is 2.93. The standard InChI is InChI=1S/C17H27NO3/c1-5-14(12-7-9-13(19-3)10-8-12)18-15-11-16(21-6-2)17(15)20-4/h7-10,14-18H,5-6,11H2,1-4H3. The second-order valence-corrected chi connectivity index (χ2v) is 5.44. The van der Waals surface area contributed by atoms with Gasteiger partial charge in [0.15, 0.2) is 0 Å². The molecule has 0 saturated heterocycles. The highest BCUT2D eigenvalue weighted by Gasteiger charge is 2.42. The topological polar surface area (TPSA) is 39.7 Å². The van der Waals surface area contributed by atoms with Crippen molar-refractivity contribution in [2.24, 2.45) is 0 Å². The summed E-state index contributed by atoms with van der Waals surface area (Å²) in [6.45, 7) is 4.97. The van der Waals surface area contributed by atoms with E-state index in [1.165, 1.54) is 5.56 Å². The van der Waals surface area contributed by atoms with Crippen LogP contribution in [0.25, 0.3) is 0 Å². The van der Waals surface area contributed by atoms with Crippen LogP contribution in [0.15, 0.2) is 24.3 Å². The average Bonchev–Trinajstić information content (AvgIpc) is 2.51. The van der Waals surface area contributed by atoms with E-state index >= 15 is 0 Å². The third-order valence-electron chi connectivity index (χ3n) is 4.24. The number of hydrogen-bond donors (Lipinski definition) is 1. The summed E-state index contributed by atoms with van der Waals surface area (Å²) in [4.78, 5) is 0. The van der Waals surface area contributed by atoms with E-state index < -0.39 is 0 Å². The molecule has 0 bridgehead atoms. The Morgan fingerprint density at radius 1 is 1.19 bits per heavy atom. The van der Waals surface area contributed by atoms with Gasteiger partial charge in [-0.05, 0) is 37.5 Å². The number of hydrogen-bond acceptors (Lipinski definition) is 4. The van der Waals surface area contributed by atoms with Gasteiger partial charge in [0.1, 0.15) is 5.75 Å². The lowest BCUT2D eigenvalue weighted by Crippen LogP contribution is -2.60. The molecule has 0 aromatic heterocycles. The fraction of sp³-hybridized carbons (Fsp3) is 0.647. The number of methoxy groups -OCH3 is 2. The first kappa shape index (κ1) is 16.3. The van der Waals surface area contributed by atoms with Gasteiger partial charge in [-0.2, -0.15) is 0 Å². The Morgan fingerprint density at radius 3 is 2.43 bits per heavy atom. The van der Waals surface area contributed by atoms with Crippen LogP contribution in [-0.4, -0.2) is 39.1 Å². The van der Waals surface area contributed by atoms with Crippen molar-refractivity contribution in [1.29, 1.82) is 0 Å². The minimum atomic E-state index is 0.150. The van der Waals surface area contributed by atoms with Crippen LogP contribution in [0.3, 0.4) is 0 Å². The molecule has 0 spiro atoms. The minimum absolute atomic E-state index is 0.150. The zero-order valence-corrected chi connectivity index (χ0v) is 13.5. The Bertz CT molecular complexity index is 421. The minimum Gasteiger partial charge on any atom is -0.497 e. The highest BCUT2D eigenvalue weighted by atomic mass is 16.5. The SMILES string of the molecule is CCOC1CC(NC(CC)c2ccc(OC)cc2)C1OC. The first-order valence-corrected chi connectivity index (χ1v) is 7.77. The van der Waals surface area contributed by atoms with Crippen molar-refractivity contribution in [2.75, 3.05) is 20.8 Å². The first-order chi connectivity index (χ1) is 10.2. The smallest absolute Gasteiger partial charge is 0.118 e. The zero-order valence-electron chi connectivity index (χ0n) is 13.5. The Morgan fingerprint density at radius 2 is 1.90 bits per heavy atom. The predicted molar refractivity (Wildman–Crippen MR) is 83.8 cm³/mol. The van der Waals surface area contributed by atoms with Crippen LogP contribution in [0.4, 0.5) is 0 Å². The van der Waals surface area contributed by atoms with Gasteiger partial charge in [-0.3, -0.25) is 0 Å². The van der Waals surface area contributed by atoms with Crippen molar-refractivity contribution in [3.8, 4) is 5.75 Å². The van der Waals surface area contributed by atoms with Gasteiger partial charge in [-0.15, -0.1) is 0 Å². The molecule has 1 saturated carbocycles. The molecule has 118 valence electrons. The second-order valence-electron chi connectivity index (χ2n) is 5.44. The third-order valence-corrected chi connectivity index (χ3v) is 4.24. The van der Waals surface area contributed by atoms with Gasteiger partial charge in [-0.1, -0.05) is 19.1 Å². The largest absolute Gasteiger partial charge is 0.497 e. The third kappa shape index (κ3) is 3.76. The maximum Gasteiger partial charge on any atom is 0.118 e. The lowest BCUT2D eigenvalue weighted by Gasteiger charge is -2.45. The maximum absolute atomic E-state index is 5.68. The normalized spacial score (nSPS) is 26.2. The second kappa shape index (κ2) is 7.78. The van der Waals surface area contributed by atoms with Gasteiger partial charge in [0.25, 0.3) is 0 Å². The van der Waals surface area contributed by atoms with E-state index in [0.717, 1.165) is 25.2 Å². The van der Waals surface area contributed by atoms with E-state index in [-0.39, 0.29) is 12.2 Å². The molecule has 21 heavy (non-hydrogen) atoms. The number of rotatable bonds is 8. The summed E-state index contributed by atoms with van der Waals surface area (Å²) in [6.07, 6.45) is 2.43. The van der Waals surface area contributed by atoms with Crippen molar-refractivity contribution in [3.63, 3.8) is 0 Å². The van der Waals surface area contributed by atoms with Gasteiger partial charge < -0.3 is 19.5 Å².